The zero-order valence-corrected chi connectivity index (χ0v) is 19.4. The van der Waals surface area contributed by atoms with Crippen LogP contribution in [-0.2, 0) is 0 Å². The third-order valence-corrected chi connectivity index (χ3v) is 5.44. The van der Waals surface area contributed by atoms with Crippen LogP contribution in [-0.4, -0.2) is 27.1 Å². The number of nitrogens with zero attached hydrogens (tertiary/aromatic N) is 2. The van der Waals surface area contributed by atoms with Gasteiger partial charge < -0.3 is 14.5 Å². The van der Waals surface area contributed by atoms with Crippen molar-refractivity contribution in [2.24, 2.45) is 0 Å². The Kier molecular flexibility index (Phi) is 6.65. The number of fused-ring (bicyclic) bond motifs is 1. The molecule has 33 heavy (non-hydrogen) atoms. The van der Waals surface area contributed by atoms with Crippen molar-refractivity contribution in [3.05, 3.63) is 71.9 Å². The van der Waals surface area contributed by atoms with Gasteiger partial charge in [-0.25, -0.2) is 4.98 Å². The normalized spacial score (nSPS) is 11.7. The predicted octanol–water partition coefficient (Wildman–Crippen LogP) is 5.50. The van der Waals surface area contributed by atoms with E-state index in [1.54, 1.807) is 36.5 Å². The molecule has 0 fully saturated rings. The highest BCUT2D eigenvalue weighted by Gasteiger charge is 2.15. The van der Waals surface area contributed by atoms with Crippen molar-refractivity contribution in [3.63, 3.8) is 0 Å². The number of carbonyl (C=O) groups excluding carboxylic acids is 1. The number of ether oxygens (including phenoxy) is 1. The number of aromatic nitrogens is 2. The number of benzene rings is 2. The first-order valence-electron chi connectivity index (χ1n) is 10.6. The Morgan fingerprint density at radius 2 is 1.94 bits per heavy atom. The molecule has 4 rings (SSSR count). The summed E-state index contributed by atoms with van der Waals surface area (Å²) in [6.07, 6.45) is 2.70. The molecule has 2 aromatic heterocycles. The summed E-state index contributed by atoms with van der Waals surface area (Å²) in [6.45, 7) is 5.99. The second-order valence-corrected chi connectivity index (χ2v) is 8.00. The zero-order valence-electron chi connectivity index (χ0n) is 18.6. The third kappa shape index (κ3) is 5.18. The van der Waals surface area contributed by atoms with Gasteiger partial charge in [0.1, 0.15) is 5.75 Å². The average Bonchev–Trinajstić information content (AvgIpc) is 3.24. The molecule has 1 unspecified atom stereocenters. The summed E-state index contributed by atoms with van der Waals surface area (Å²) in [4.78, 5) is 21.3. The molecular formula is C25H24N4O3S. The van der Waals surface area contributed by atoms with Gasteiger partial charge in [-0.2, -0.15) is 4.98 Å². The lowest BCUT2D eigenvalue weighted by atomic mass is 10.1. The lowest BCUT2D eigenvalue weighted by Crippen LogP contribution is -2.34. The summed E-state index contributed by atoms with van der Waals surface area (Å²) in [5.74, 6) is 0.893. The van der Waals surface area contributed by atoms with E-state index in [0.29, 0.717) is 22.7 Å². The maximum atomic E-state index is 12.6. The zero-order chi connectivity index (χ0) is 23.4. The van der Waals surface area contributed by atoms with Crippen LogP contribution in [0.1, 0.15) is 36.2 Å². The van der Waals surface area contributed by atoms with Crippen molar-refractivity contribution in [1.29, 1.82) is 0 Å². The van der Waals surface area contributed by atoms with Crippen LogP contribution in [0.25, 0.3) is 22.7 Å². The lowest BCUT2D eigenvalue weighted by molar-refractivity contribution is 0.0977. The van der Waals surface area contributed by atoms with Gasteiger partial charge >= 0.3 is 0 Å². The molecule has 2 heterocycles. The van der Waals surface area contributed by atoms with Crippen LogP contribution in [0, 0.1) is 6.92 Å². The topological polar surface area (TPSA) is 89.3 Å². The van der Waals surface area contributed by atoms with E-state index in [-0.39, 0.29) is 17.1 Å². The van der Waals surface area contributed by atoms with E-state index in [1.807, 2.05) is 38.1 Å². The van der Waals surface area contributed by atoms with Gasteiger partial charge in [0.05, 0.1) is 6.10 Å². The smallest absolute Gasteiger partial charge is 0.257 e. The standard InChI is InChI=1S/C25H24N4O3S/c1-4-15(2)31-18-12-10-17(11-13-18)23(30)29-25(33)27-20-8-5-7-19(16(20)3)24-28-22-21(32-24)9-6-14-26-22/h5-15H,4H2,1-3H3,(H2,27,29,30,33). The van der Waals surface area contributed by atoms with Crippen LogP contribution in [0.5, 0.6) is 5.75 Å². The maximum absolute atomic E-state index is 12.6. The Morgan fingerprint density at radius 3 is 2.67 bits per heavy atom. The molecule has 0 aliphatic carbocycles. The van der Waals surface area contributed by atoms with Crippen molar-refractivity contribution in [1.82, 2.24) is 15.3 Å². The minimum atomic E-state index is -0.304. The minimum absolute atomic E-state index is 0.117. The van der Waals surface area contributed by atoms with E-state index in [9.17, 15) is 4.79 Å². The van der Waals surface area contributed by atoms with E-state index in [2.05, 4.69) is 27.5 Å². The Bertz CT molecular complexity index is 1270. The number of pyridine rings is 1. The highest BCUT2D eigenvalue weighted by atomic mass is 32.1. The van der Waals surface area contributed by atoms with Crippen LogP contribution < -0.4 is 15.4 Å². The molecule has 0 radical (unpaired) electrons. The first-order chi connectivity index (χ1) is 15.9. The second kappa shape index (κ2) is 9.79. The van der Waals surface area contributed by atoms with Crippen molar-refractivity contribution < 1.29 is 13.9 Å². The molecule has 0 saturated heterocycles. The van der Waals surface area contributed by atoms with E-state index in [4.69, 9.17) is 21.4 Å². The molecule has 0 spiro atoms. The Labute approximate surface area is 197 Å². The van der Waals surface area contributed by atoms with Crippen molar-refractivity contribution in [2.75, 3.05) is 5.32 Å². The van der Waals surface area contributed by atoms with Crippen molar-refractivity contribution in [2.45, 2.75) is 33.3 Å². The number of hydrogen-bond donors (Lipinski definition) is 2. The molecule has 168 valence electrons. The van der Waals surface area contributed by atoms with E-state index in [0.717, 1.165) is 29.0 Å². The average molecular weight is 461 g/mol. The Hall–Kier alpha value is -3.78. The number of thiocarbonyl (C=S) groups is 1. The number of anilines is 1. The van der Waals surface area contributed by atoms with Crippen molar-refractivity contribution in [3.8, 4) is 17.2 Å². The third-order valence-electron chi connectivity index (χ3n) is 5.23. The molecule has 1 amide bonds. The van der Waals surface area contributed by atoms with Gasteiger partial charge in [-0.3, -0.25) is 10.1 Å². The molecule has 0 aliphatic heterocycles. The number of amides is 1. The highest BCUT2D eigenvalue weighted by Crippen LogP contribution is 2.30. The molecule has 1 atom stereocenters. The van der Waals surface area contributed by atoms with E-state index in [1.165, 1.54) is 0 Å². The van der Waals surface area contributed by atoms with Crippen LogP contribution in [0.4, 0.5) is 5.69 Å². The quantitative estimate of drug-likeness (QED) is 0.367. The molecule has 0 saturated carbocycles. The van der Waals surface area contributed by atoms with Gasteiger partial charge in [0.25, 0.3) is 5.91 Å². The summed E-state index contributed by atoms with van der Waals surface area (Å²) in [7, 11) is 0. The molecule has 2 aromatic carbocycles. The van der Waals surface area contributed by atoms with Gasteiger partial charge in [-0.15, -0.1) is 0 Å². The molecule has 0 aliphatic rings. The van der Waals surface area contributed by atoms with Gasteiger partial charge in [0, 0.05) is 23.0 Å². The van der Waals surface area contributed by atoms with Crippen LogP contribution in [0.15, 0.2) is 65.2 Å². The molecule has 7 nitrogen and oxygen atoms in total. The summed E-state index contributed by atoms with van der Waals surface area (Å²) in [5, 5.41) is 6.00. The molecule has 2 N–H and O–H groups in total. The fourth-order valence-corrected chi connectivity index (χ4v) is 3.42. The van der Waals surface area contributed by atoms with Gasteiger partial charge in [0.2, 0.25) is 5.89 Å². The summed E-state index contributed by atoms with van der Waals surface area (Å²) in [5.41, 5.74) is 4.09. The summed E-state index contributed by atoms with van der Waals surface area (Å²) >= 11 is 5.37. The maximum Gasteiger partial charge on any atom is 0.257 e. The number of rotatable bonds is 6. The molecule has 4 aromatic rings. The molecule has 8 heteroatoms. The van der Waals surface area contributed by atoms with Gasteiger partial charge in [-0.1, -0.05) is 13.0 Å². The number of nitrogens with one attached hydrogen (secondary N) is 2. The van der Waals surface area contributed by atoms with Crippen molar-refractivity contribution >= 4 is 40.2 Å². The lowest BCUT2D eigenvalue weighted by Gasteiger charge is -2.14. The van der Waals surface area contributed by atoms with Gasteiger partial charge in [-0.05, 0) is 86.6 Å². The van der Waals surface area contributed by atoms with E-state index >= 15 is 0 Å². The van der Waals surface area contributed by atoms with Crippen LogP contribution >= 0.6 is 12.2 Å². The Balaban J connectivity index is 1.44. The van der Waals surface area contributed by atoms with Crippen LogP contribution in [0.3, 0.4) is 0 Å². The first kappa shape index (κ1) is 22.4. The number of hydrogen-bond acceptors (Lipinski definition) is 6. The molecular weight excluding hydrogens is 436 g/mol. The van der Waals surface area contributed by atoms with Gasteiger partial charge in [0.15, 0.2) is 16.3 Å². The number of oxazole rings is 1. The van der Waals surface area contributed by atoms with E-state index < -0.39 is 0 Å². The minimum Gasteiger partial charge on any atom is -0.491 e. The molecule has 0 bridgehead atoms. The predicted molar refractivity (Wildman–Crippen MR) is 132 cm³/mol. The first-order valence-corrected chi connectivity index (χ1v) is 11.1. The fraction of sp³-hybridized carbons (Fsp3) is 0.200. The largest absolute Gasteiger partial charge is 0.491 e. The monoisotopic (exact) mass is 460 g/mol. The SMILES string of the molecule is CCC(C)Oc1ccc(C(=O)NC(=S)Nc2cccc(-c3nc4ncccc4o3)c2C)cc1. The number of carbonyl (C=O) groups is 1. The Morgan fingerprint density at radius 1 is 1.15 bits per heavy atom. The summed E-state index contributed by atoms with van der Waals surface area (Å²) in [6, 6.07) is 16.3. The summed E-state index contributed by atoms with van der Waals surface area (Å²) < 4.78 is 11.6. The second-order valence-electron chi connectivity index (χ2n) is 7.59. The van der Waals surface area contributed by atoms with Crippen LogP contribution in [0.2, 0.25) is 0 Å². The highest BCUT2D eigenvalue weighted by molar-refractivity contribution is 7.80. The fourth-order valence-electron chi connectivity index (χ4n) is 3.22.